The molecule has 1 amide bonds. The number of rotatable bonds is 3. The van der Waals surface area contributed by atoms with Gasteiger partial charge in [0.05, 0.1) is 22.1 Å². The predicted molar refractivity (Wildman–Crippen MR) is 72.9 cm³/mol. The number of benzene rings is 1. The Bertz CT molecular complexity index is 572. The standard InChI is InChI=1S/C12H9BrFNO2S/c1-17-8-5-4-7(11(14)10(8)13)15-12(16)9-3-2-6-18-9/h2-6H,1H3,(H,15,16). The number of methoxy groups -OCH3 is 1. The Morgan fingerprint density at radius 2 is 2.22 bits per heavy atom. The van der Waals surface area contributed by atoms with E-state index in [1.165, 1.54) is 24.5 Å². The van der Waals surface area contributed by atoms with Crippen LogP contribution in [0.1, 0.15) is 9.67 Å². The molecule has 0 aliphatic carbocycles. The van der Waals surface area contributed by atoms with Gasteiger partial charge in [-0.3, -0.25) is 4.79 Å². The maximum atomic E-state index is 13.9. The SMILES string of the molecule is COc1ccc(NC(=O)c2cccs2)c(F)c1Br. The van der Waals surface area contributed by atoms with E-state index in [-0.39, 0.29) is 16.1 Å². The van der Waals surface area contributed by atoms with Crippen LogP contribution < -0.4 is 10.1 Å². The summed E-state index contributed by atoms with van der Waals surface area (Å²) in [6.07, 6.45) is 0. The van der Waals surface area contributed by atoms with Crippen molar-refractivity contribution >= 4 is 38.9 Å². The zero-order chi connectivity index (χ0) is 13.1. The van der Waals surface area contributed by atoms with E-state index in [0.29, 0.717) is 10.6 Å². The highest BCUT2D eigenvalue weighted by Gasteiger charge is 2.15. The Balaban J connectivity index is 2.25. The molecule has 18 heavy (non-hydrogen) atoms. The Kier molecular flexibility index (Phi) is 3.98. The normalized spacial score (nSPS) is 10.2. The van der Waals surface area contributed by atoms with E-state index in [2.05, 4.69) is 21.2 Å². The molecule has 0 atom stereocenters. The molecule has 94 valence electrons. The number of hydrogen-bond acceptors (Lipinski definition) is 3. The molecule has 0 bridgehead atoms. The molecular weight excluding hydrogens is 321 g/mol. The molecule has 1 heterocycles. The maximum Gasteiger partial charge on any atom is 0.265 e. The first-order valence-electron chi connectivity index (χ1n) is 5.00. The lowest BCUT2D eigenvalue weighted by atomic mass is 10.2. The molecule has 0 saturated carbocycles. The Labute approximate surface area is 116 Å². The smallest absolute Gasteiger partial charge is 0.265 e. The number of thiophene rings is 1. The molecule has 6 heteroatoms. The van der Waals surface area contributed by atoms with Crippen LogP contribution in [0.5, 0.6) is 5.75 Å². The van der Waals surface area contributed by atoms with Crippen LogP contribution in [-0.4, -0.2) is 13.0 Å². The van der Waals surface area contributed by atoms with Gasteiger partial charge >= 0.3 is 0 Å². The molecule has 0 radical (unpaired) electrons. The fourth-order valence-electron chi connectivity index (χ4n) is 1.38. The van der Waals surface area contributed by atoms with E-state index < -0.39 is 5.82 Å². The maximum absolute atomic E-state index is 13.9. The largest absolute Gasteiger partial charge is 0.495 e. The summed E-state index contributed by atoms with van der Waals surface area (Å²) in [7, 11) is 1.45. The van der Waals surface area contributed by atoms with Gasteiger partial charge in [-0.1, -0.05) is 6.07 Å². The van der Waals surface area contributed by atoms with Crippen molar-refractivity contribution in [2.45, 2.75) is 0 Å². The average Bonchev–Trinajstić information content (AvgIpc) is 2.89. The van der Waals surface area contributed by atoms with Crippen LogP contribution in [0.25, 0.3) is 0 Å². The minimum Gasteiger partial charge on any atom is -0.495 e. The van der Waals surface area contributed by atoms with Gasteiger partial charge < -0.3 is 10.1 Å². The molecule has 2 aromatic rings. The van der Waals surface area contributed by atoms with Gasteiger partial charge in [-0.15, -0.1) is 11.3 Å². The van der Waals surface area contributed by atoms with Crippen molar-refractivity contribution in [2.24, 2.45) is 0 Å². The summed E-state index contributed by atoms with van der Waals surface area (Å²) in [5.41, 5.74) is 0.112. The number of nitrogens with one attached hydrogen (secondary N) is 1. The van der Waals surface area contributed by atoms with Gasteiger partial charge in [-0.2, -0.15) is 0 Å². The number of carbonyl (C=O) groups excluding carboxylic acids is 1. The first-order valence-corrected chi connectivity index (χ1v) is 6.67. The van der Waals surface area contributed by atoms with E-state index in [9.17, 15) is 9.18 Å². The first kappa shape index (κ1) is 13.0. The van der Waals surface area contributed by atoms with Crippen molar-refractivity contribution in [2.75, 3.05) is 12.4 Å². The van der Waals surface area contributed by atoms with Crippen molar-refractivity contribution in [1.29, 1.82) is 0 Å². The lowest BCUT2D eigenvalue weighted by molar-refractivity contribution is 0.103. The van der Waals surface area contributed by atoms with Crippen LogP contribution in [0.15, 0.2) is 34.1 Å². The van der Waals surface area contributed by atoms with Crippen LogP contribution in [0.2, 0.25) is 0 Å². The zero-order valence-corrected chi connectivity index (χ0v) is 11.8. The monoisotopic (exact) mass is 329 g/mol. The number of carbonyl (C=O) groups is 1. The van der Waals surface area contributed by atoms with E-state index >= 15 is 0 Å². The Hall–Kier alpha value is -1.40. The van der Waals surface area contributed by atoms with Crippen molar-refractivity contribution in [1.82, 2.24) is 0 Å². The highest BCUT2D eigenvalue weighted by molar-refractivity contribution is 9.10. The van der Waals surface area contributed by atoms with E-state index in [1.807, 2.05) is 0 Å². The highest BCUT2D eigenvalue weighted by Crippen LogP contribution is 2.32. The molecule has 0 fully saturated rings. The minimum absolute atomic E-state index is 0.112. The van der Waals surface area contributed by atoms with Gasteiger partial charge in [0.15, 0.2) is 5.82 Å². The third-order valence-corrected chi connectivity index (χ3v) is 3.87. The molecule has 1 N–H and O–H groups in total. The first-order chi connectivity index (χ1) is 8.63. The van der Waals surface area contributed by atoms with E-state index in [0.717, 1.165) is 0 Å². The topological polar surface area (TPSA) is 38.3 Å². The molecule has 0 aliphatic heterocycles. The summed E-state index contributed by atoms with van der Waals surface area (Å²) in [6, 6.07) is 6.48. The lowest BCUT2D eigenvalue weighted by Gasteiger charge is -2.09. The van der Waals surface area contributed by atoms with Gasteiger partial charge in [0.25, 0.3) is 5.91 Å². The Morgan fingerprint density at radius 1 is 1.44 bits per heavy atom. The van der Waals surface area contributed by atoms with Gasteiger partial charge in [-0.05, 0) is 39.5 Å². The summed E-state index contributed by atoms with van der Waals surface area (Å²) in [6.45, 7) is 0. The van der Waals surface area contributed by atoms with Crippen LogP contribution in [-0.2, 0) is 0 Å². The van der Waals surface area contributed by atoms with Crippen molar-refractivity contribution in [3.05, 3.63) is 44.8 Å². The zero-order valence-electron chi connectivity index (χ0n) is 9.37. The van der Waals surface area contributed by atoms with E-state index in [1.54, 1.807) is 23.6 Å². The number of ether oxygens (including phenoxy) is 1. The second-order valence-electron chi connectivity index (χ2n) is 3.37. The molecule has 3 nitrogen and oxygen atoms in total. The number of amides is 1. The molecule has 1 aromatic carbocycles. The molecule has 2 rings (SSSR count). The van der Waals surface area contributed by atoms with Gasteiger partial charge in [0, 0.05) is 0 Å². The third-order valence-electron chi connectivity index (χ3n) is 2.26. The van der Waals surface area contributed by atoms with Crippen LogP contribution in [0.4, 0.5) is 10.1 Å². The molecule has 0 unspecified atom stereocenters. The fraction of sp³-hybridized carbons (Fsp3) is 0.0833. The molecule has 0 saturated heterocycles. The second kappa shape index (κ2) is 5.49. The Morgan fingerprint density at radius 3 is 2.83 bits per heavy atom. The second-order valence-corrected chi connectivity index (χ2v) is 5.12. The third kappa shape index (κ3) is 2.54. The number of hydrogen-bond donors (Lipinski definition) is 1. The van der Waals surface area contributed by atoms with Crippen LogP contribution in [0.3, 0.4) is 0 Å². The van der Waals surface area contributed by atoms with Crippen molar-refractivity contribution in [3.8, 4) is 5.75 Å². The summed E-state index contributed by atoms with van der Waals surface area (Å²) >= 11 is 4.38. The quantitative estimate of drug-likeness (QED) is 0.927. The van der Waals surface area contributed by atoms with Crippen LogP contribution in [0, 0.1) is 5.82 Å². The number of halogens is 2. The summed E-state index contributed by atoms with van der Waals surface area (Å²) in [5.74, 6) is -0.512. The molecule has 1 aromatic heterocycles. The van der Waals surface area contributed by atoms with E-state index in [4.69, 9.17) is 4.74 Å². The molecule has 0 aliphatic rings. The number of anilines is 1. The predicted octanol–water partition coefficient (Wildman–Crippen LogP) is 3.91. The average molecular weight is 330 g/mol. The molecule has 0 spiro atoms. The summed E-state index contributed by atoms with van der Waals surface area (Å²) in [4.78, 5) is 12.3. The summed E-state index contributed by atoms with van der Waals surface area (Å²) in [5, 5.41) is 4.30. The highest BCUT2D eigenvalue weighted by atomic mass is 79.9. The van der Waals surface area contributed by atoms with Gasteiger partial charge in [-0.25, -0.2) is 4.39 Å². The van der Waals surface area contributed by atoms with Crippen molar-refractivity contribution in [3.63, 3.8) is 0 Å². The van der Waals surface area contributed by atoms with Crippen molar-refractivity contribution < 1.29 is 13.9 Å². The van der Waals surface area contributed by atoms with Crippen LogP contribution >= 0.6 is 27.3 Å². The lowest BCUT2D eigenvalue weighted by Crippen LogP contribution is -2.11. The summed E-state index contributed by atoms with van der Waals surface area (Å²) < 4.78 is 19.1. The fourth-order valence-corrected chi connectivity index (χ4v) is 2.50. The van der Waals surface area contributed by atoms with Gasteiger partial charge in [0.1, 0.15) is 5.75 Å². The van der Waals surface area contributed by atoms with Gasteiger partial charge in [0.2, 0.25) is 0 Å². The molecular formula is C12H9BrFNO2S. The minimum atomic E-state index is -0.556.